The number of ether oxygens (including phenoxy) is 1. The van der Waals surface area contributed by atoms with E-state index < -0.39 is 11.5 Å². The van der Waals surface area contributed by atoms with Gasteiger partial charge in [-0.2, -0.15) is 0 Å². The normalized spacial score (nSPS) is 18.0. The quantitative estimate of drug-likeness (QED) is 0.819. The van der Waals surface area contributed by atoms with Crippen molar-refractivity contribution in [2.45, 2.75) is 37.8 Å². The van der Waals surface area contributed by atoms with E-state index >= 15 is 0 Å². The van der Waals surface area contributed by atoms with Crippen LogP contribution in [0.5, 0.6) is 0 Å². The summed E-state index contributed by atoms with van der Waals surface area (Å²) < 4.78 is 18.4. The van der Waals surface area contributed by atoms with Crippen molar-refractivity contribution in [2.75, 3.05) is 0 Å². The molecular formula is C13H16FNO2. The van der Waals surface area contributed by atoms with Gasteiger partial charge in [0.05, 0.1) is 0 Å². The van der Waals surface area contributed by atoms with Crippen LogP contribution in [0, 0.1) is 5.82 Å². The maximum absolute atomic E-state index is 13.3. The highest BCUT2D eigenvalue weighted by molar-refractivity contribution is 5.80. The second kappa shape index (κ2) is 4.84. The topological polar surface area (TPSA) is 52.3 Å². The first-order valence-corrected chi connectivity index (χ1v) is 5.81. The molecule has 0 atom stereocenters. The first-order valence-electron chi connectivity index (χ1n) is 5.81. The van der Waals surface area contributed by atoms with Crippen LogP contribution >= 0.6 is 0 Å². The van der Waals surface area contributed by atoms with E-state index in [9.17, 15) is 9.18 Å². The SMILES string of the molecule is NC1(C(=O)OCc2ccccc2F)CCCC1. The molecule has 0 heterocycles. The average Bonchev–Trinajstić information content (AvgIpc) is 2.76. The lowest BCUT2D eigenvalue weighted by Crippen LogP contribution is -2.46. The lowest BCUT2D eigenvalue weighted by Gasteiger charge is -2.21. The monoisotopic (exact) mass is 237 g/mol. The molecule has 0 spiro atoms. The molecule has 1 aliphatic rings. The second-order valence-electron chi connectivity index (χ2n) is 4.53. The van der Waals surface area contributed by atoms with Crippen LogP contribution < -0.4 is 5.73 Å². The van der Waals surface area contributed by atoms with Gasteiger partial charge in [-0.3, -0.25) is 4.79 Å². The number of rotatable bonds is 3. The summed E-state index contributed by atoms with van der Waals surface area (Å²) in [7, 11) is 0. The van der Waals surface area contributed by atoms with Crippen LogP contribution in [-0.4, -0.2) is 11.5 Å². The zero-order valence-electron chi connectivity index (χ0n) is 9.62. The summed E-state index contributed by atoms with van der Waals surface area (Å²) >= 11 is 0. The number of carbonyl (C=O) groups is 1. The van der Waals surface area contributed by atoms with Crippen molar-refractivity contribution in [1.29, 1.82) is 0 Å². The molecule has 0 unspecified atom stereocenters. The molecule has 17 heavy (non-hydrogen) atoms. The fraction of sp³-hybridized carbons (Fsp3) is 0.462. The van der Waals surface area contributed by atoms with Gasteiger partial charge >= 0.3 is 5.97 Å². The van der Waals surface area contributed by atoms with Gasteiger partial charge in [-0.15, -0.1) is 0 Å². The Morgan fingerprint density at radius 1 is 1.35 bits per heavy atom. The summed E-state index contributed by atoms with van der Waals surface area (Å²) in [6, 6.07) is 6.25. The highest BCUT2D eigenvalue weighted by atomic mass is 19.1. The van der Waals surface area contributed by atoms with Gasteiger partial charge in [0.25, 0.3) is 0 Å². The predicted octanol–water partition coefficient (Wildman–Crippen LogP) is 2.14. The third-order valence-electron chi connectivity index (χ3n) is 3.22. The Bertz CT molecular complexity index is 414. The Kier molecular flexibility index (Phi) is 3.43. The molecule has 1 aromatic rings. The molecule has 1 aromatic carbocycles. The molecule has 1 aliphatic carbocycles. The van der Waals surface area contributed by atoms with Crippen molar-refractivity contribution in [3.63, 3.8) is 0 Å². The number of nitrogens with two attached hydrogens (primary N) is 1. The van der Waals surface area contributed by atoms with Crippen LogP contribution in [0.1, 0.15) is 31.2 Å². The number of carbonyl (C=O) groups excluding carboxylic acids is 1. The molecule has 0 aliphatic heterocycles. The van der Waals surface area contributed by atoms with Crippen molar-refractivity contribution in [2.24, 2.45) is 5.73 Å². The fourth-order valence-electron chi connectivity index (χ4n) is 2.11. The Labute approximate surface area is 99.8 Å². The molecule has 0 radical (unpaired) electrons. The molecule has 1 fully saturated rings. The molecule has 0 bridgehead atoms. The van der Waals surface area contributed by atoms with Gasteiger partial charge in [0.1, 0.15) is 18.0 Å². The summed E-state index contributed by atoms with van der Waals surface area (Å²) in [6.45, 7) is -0.0511. The van der Waals surface area contributed by atoms with E-state index in [4.69, 9.17) is 10.5 Å². The molecule has 2 N–H and O–H groups in total. The lowest BCUT2D eigenvalue weighted by molar-refractivity contribution is -0.151. The number of hydrogen-bond acceptors (Lipinski definition) is 3. The Hall–Kier alpha value is -1.42. The van der Waals surface area contributed by atoms with E-state index in [1.165, 1.54) is 6.07 Å². The minimum absolute atomic E-state index is 0.0511. The summed E-state index contributed by atoms with van der Waals surface area (Å²) in [4.78, 5) is 11.8. The first-order chi connectivity index (χ1) is 8.12. The first kappa shape index (κ1) is 12.0. The highest BCUT2D eigenvalue weighted by Gasteiger charge is 2.38. The number of benzene rings is 1. The van der Waals surface area contributed by atoms with Crippen LogP contribution in [0.3, 0.4) is 0 Å². The van der Waals surface area contributed by atoms with Gasteiger partial charge in [-0.25, -0.2) is 4.39 Å². The van der Waals surface area contributed by atoms with Gasteiger partial charge < -0.3 is 10.5 Å². The highest BCUT2D eigenvalue weighted by Crippen LogP contribution is 2.28. The zero-order valence-corrected chi connectivity index (χ0v) is 9.62. The molecule has 0 aromatic heterocycles. The minimum Gasteiger partial charge on any atom is -0.459 e. The summed E-state index contributed by atoms with van der Waals surface area (Å²) in [5, 5.41) is 0. The van der Waals surface area contributed by atoms with Gasteiger partial charge in [0.15, 0.2) is 0 Å². The molecule has 1 saturated carbocycles. The van der Waals surface area contributed by atoms with Crippen molar-refractivity contribution < 1.29 is 13.9 Å². The van der Waals surface area contributed by atoms with Crippen molar-refractivity contribution in [1.82, 2.24) is 0 Å². The number of hydrogen-bond donors (Lipinski definition) is 1. The van der Waals surface area contributed by atoms with E-state index in [1.54, 1.807) is 18.2 Å². The third kappa shape index (κ3) is 2.64. The molecule has 3 nitrogen and oxygen atoms in total. The third-order valence-corrected chi connectivity index (χ3v) is 3.22. The minimum atomic E-state index is -0.856. The van der Waals surface area contributed by atoms with E-state index in [0.717, 1.165) is 12.8 Å². The molecule has 0 saturated heterocycles. The summed E-state index contributed by atoms with van der Waals surface area (Å²) in [5.41, 5.74) is 5.46. The maximum Gasteiger partial charge on any atom is 0.326 e. The van der Waals surface area contributed by atoms with Crippen LogP contribution in [0.15, 0.2) is 24.3 Å². The average molecular weight is 237 g/mol. The molecular weight excluding hydrogens is 221 g/mol. The van der Waals surface area contributed by atoms with Crippen LogP contribution in [-0.2, 0) is 16.1 Å². The maximum atomic E-state index is 13.3. The Morgan fingerprint density at radius 2 is 2.00 bits per heavy atom. The smallest absolute Gasteiger partial charge is 0.326 e. The molecule has 4 heteroatoms. The van der Waals surface area contributed by atoms with E-state index in [0.29, 0.717) is 18.4 Å². The van der Waals surface area contributed by atoms with Crippen molar-refractivity contribution in [3.05, 3.63) is 35.6 Å². The van der Waals surface area contributed by atoms with Gasteiger partial charge in [0.2, 0.25) is 0 Å². The van der Waals surface area contributed by atoms with E-state index in [1.807, 2.05) is 0 Å². The van der Waals surface area contributed by atoms with Crippen molar-refractivity contribution in [3.8, 4) is 0 Å². The largest absolute Gasteiger partial charge is 0.459 e. The van der Waals surface area contributed by atoms with E-state index in [2.05, 4.69) is 0 Å². The number of esters is 1. The van der Waals surface area contributed by atoms with Crippen molar-refractivity contribution >= 4 is 5.97 Å². The zero-order chi connectivity index (χ0) is 12.3. The standard InChI is InChI=1S/C13H16FNO2/c14-11-6-2-1-5-10(11)9-17-12(16)13(15)7-3-4-8-13/h1-2,5-6H,3-4,7-9,15H2. The summed E-state index contributed by atoms with van der Waals surface area (Å²) in [6.07, 6.45) is 3.21. The second-order valence-corrected chi connectivity index (χ2v) is 4.53. The van der Waals surface area contributed by atoms with Crippen LogP contribution in [0.25, 0.3) is 0 Å². The molecule has 2 rings (SSSR count). The van der Waals surface area contributed by atoms with Gasteiger partial charge in [0, 0.05) is 5.56 Å². The predicted molar refractivity (Wildman–Crippen MR) is 61.6 cm³/mol. The van der Waals surface area contributed by atoms with Gasteiger partial charge in [-0.05, 0) is 18.9 Å². The van der Waals surface area contributed by atoms with Gasteiger partial charge in [-0.1, -0.05) is 31.0 Å². The van der Waals surface area contributed by atoms with Crippen LogP contribution in [0.4, 0.5) is 4.39 Å². The Morgan fingerprint density at radius 3 is 2.65 bits per heavy atom. The summed E-state index contributed by atoms with van der Waals surface area (Å²) in [5.74, 6) is -0.781. The van der Waals surface area contributed by atoms with Crippen LogP contribution in [0.2, 0.25) is 0 Å². The fourth-order valence-corrected chi connectivity index (χ4v) is 2.11. The molecule has 92 valence electrons. The Balaban J connectivity index is 1.94. The lowest BCUT2D eigenvalue weighted by atomic mass is 10.00. The molecule has 0 amide bonds. The number of halogens is 1. The van der Waals surface area contributed by atoms with E-state index in [-0.39, 0.29) is 12.4 Å².